The van der Waals surface area contributed by atoms with Gasteiger partial charge in [0.15, 0.2) is 0 Å². The monoisotopic (exact) mass is 398 g/mol. The van der Waals surface area contributed by atoms with E-state index in [0.29, 0.717) is 42.9 Å². The highest BCUT2D eigenvalue weighted by Gasteiger charge is 2.27. The first-order valence-corrected chi connectivity index (χ1v) is 9.41. The average Bonchev–Trinajstić information content (AvgIpc) is 2.75. The predicted molar refractivity (Wildman–Crippen MR) is 108 cm³/mol. The molecule has 2 aromatic carbocycles. The highest BCUT2D eigenvalue weighted by molar-refractivity contribution is 5.95. The molecule has 1 aliphatic heterocycles. The molecule has 0 atom stereocenters. The van der Waals surface area contributed by atoms with Gasteiger partial charge in [0.25, 0.3) is 5.91 Å². The molecule has 8 heteroatoms. The van der Waals surface area contributed by atoms with E-state index >= 15 is 0 Å². The van der Waals surface area contributed by atoms with Crippen LogP contribution in [0.2, 0.25) is 0 Å². The number of piperidine rings is 1. The third-order valence-electron chi connectivity index (χ3n) is 4.88. The Labute approximate surface area is 168 Å². The number of carbonyl (C=O) groups excluding carboxylic acids is 3. The fourth-order valence-corrected chi connectivity index (χ4v) is 3.19. The Hall–Kier alpha value is -3.42. The Morgan fingerprint density at radius 3 is 2.00 bits per heavy atom. The smallest absolute Gasteiger partial charge is 0.318 e. The number of benzene rings is 2. The first-order valence-electron chi connectivity index (χ1n) is 9.41. The fraction of sp³-hybridized carbons (Fsp3) is 0.286. The van der Waals surface area contributed by atoms with Gasteiger partial charge in [-0.2, -0.15) is 0 Å². The maximum absolute atomic E-state index is 13.0. The van der Waals surface area contributed by atoms with Crippen molar-refractivity contribution in [3.63, 3.8) is 0 Å². The molecule has 3 rings (SSSR count). The average molecular weight is 398 g/mol. The van der Waals surface area contributed by atoms with Crippen molar-refractivity contribution in [2.45, 2.75) is 12.8 Å². The van der Waals surface area contributed by atoms with Crippen molar-refractivity contribution < 1.29 is 18.8 Å². The number of rotatable bonds is 4. The van der Waals surface area contributed by atoms with Gasteiger partial charge in [0.1, 0.15) is 5.82 Å². The number of hydrogen-bond acceptors (Lipinski definition) is 3. The van der Waals surface area contributed by atoms with E-state index in [1.807, 2.05) is 0 Å². The summed E-state index contributed by atoms with van der Waals surface area (Å²) < 4.78 is 13.0. The summed E-state index contributed by atoms with van der Waals surface area (Å²) in [6.45, 7) is 0.951. The molecule has 1 aliphatic rings. The summed E-state index contributed by atoms with van der Waals surface area (Å²) in [5.74, 6) is -0.806. The van der Waals surface area contributed by atoms with E-state index in [2.05, 4.69) is 16.0 Å². The van der Waals surface area contributed by atoms with Crippen LogP contribution in [0.15, 0.2) is 48.5 Å². The Balaban J connectivity index is 1.50. The van der Waals surface area contributed by atoms with Crippen LogP contribution in [0, 0.1) is 11.7 Å². The number of halogens is 1. The van der Waals surface area contributed by atoms with Gasteiger partial charge >= 0.3 is 6.03 Å². The van der Waals surface area contributed by atoms with Crippen molar-refractivity contribution in [2.24, 2.45) is 5.92 Å². The topological polar surface area (TPSA) is 90.5 Å². The zero-order valence-corrected chi connectivity index (χ0v) is 16.1. The van der Waals surface area contributed by atoms with Gasteiger partial charge in [0.2, 0.25) is 5.91 Å². The van der Waals surface area contributed by atoms with Crippen LogP contribution in [0.1, 0.15) is 23.2 Å². The normalized spacial score (nSPS) is 14.2. The molecule has 1 saturated heterocycles. The minimum Gasteiger partial charge on any atom is -0.341 e. The number of urea groups is 1. The Morgan fingerprint density at radius 2 is 1.45 bits per heavy atom. The van der Waals surface area contributed by atoms with Gasteiger partial charge in [-0.15, -0.1) is 0 Å². The van der Waals surface area contributed by atoms with E-state index in [9.17, 15) is 18.8 Å². The summed E-state index contributed by atoms with van der Waals surface area (Å²) in [5.41, 5.74) is 1.71. The van der Waals surface area contributed by atoms with E-state index in [-0.39, 0.29) is 29.6 Å². The molecule has 0 aliphatic carbocycles. The number of carbonyl (C=O) groups is 3. The Kier molecular flexibility index (Phi) is 6.43. The van der Waals surface area contributed by atoms with Crippen molar-refractivity contribution >= 4 is 29.2 Å². The van der Waals surface area contributed by atoms with Crippen molar-refractivity contribution in [1.29, 1.82) is 0 Å². The molecule has 0 aromatic heterocycles. The van der Waals surface area contributed by atoms with Crippen molar-refractivity contribution in [3.8, 4) is 0 Å². The summed E-state index contributed by atoms with van der Waals surface area (Å²) in [5, 5.41) is 7.99. The SMILES string of the molecule is CNC(=O)Nc1ccc(NC(=O)C2CCN(C(=O)c3ccc(F)cc3)CC2)cc1. The van der Waals surface area contributed by atoms with Gasteiger partial charge in [-0.3, -0.25) is 9.59 Å². The minimum absolute atomic E-state index is 0.0918. The van der Waals surface area contributed by atoms with Gasteiger partial charge in [-0.25, -0.2) is 9.18 Å². The number of nitrogens with one attached hydrogen (secondary N) is 3. The van der Waals surface area contributed by atoms with E-state index in [0.717, 1.165) is 0 Å². The lowest BCUT2D eigenvalue weighted by Crippen LogP contribution is -2.41. The zero-order chi connectivity index (χ0) is 20.8. The number of likely N-dealkylation sites (tertiary alicyclic amines) is 1. The summed E-state index contributed by atoms with van der Waals surface area (Å²) >= 11 is 0. The maximum Gasteiger partial charge on any atom is 0.318 e. The van der Waals surface area contributed by atoms with Crippen LogP contribution >= 0.6 is 0 Å². The number of hydrogen-bond donors (Lipinski definition) is 3. The van der Waals surface area contributed by atoms with Crippen molar-refractivity contribution in [2.75, 3.05) is 30.8 Å². The lowest BCUT2D eigenvalue weighted by Gasteiger charge is -2.31. The van der Waals surface area contributed by atoms with Gasteiger partial charge in [-0.05, 0) is 61.4 Å². The zero-order valence-electron chi connectivity index (χ0n) is 16.1. The van der Waals surface area contributed by atoms with E-state index < -0.39 is 0 Å². The van der Waals surface area contributed by atoms with Crippen molar-refractivity contribution in [1.82, 2.24) is 10.2 Å². The van der Waals surface area contributed by atoms with E-state index in [4.69, 9.17) is 0 Å². The maximum atomic E-state index is 13.0. The standard InChI is InChI=1S/C21H23FN4O3/c1-23-21(29)25-18-8-6-17(7-9-18)24-19(27)14-10-12-26(13-11-14)20(28)15-2-4-16(22)5-3-15/h2-9,14H,10-13H2,1H3,(H,24,27)(H2,23,25,29). The molecule has 0 unspecified atom stereocenters. The number of anilines is 2. The molecule has 2 aromatic rings. The van der Waals surface area contributed by atoms with Crippen molar-refractivity contribution in [3.05, 3.63) is 59.9 Å². The highest BCUT2D eigenvalue weighted by Crippen LogP contribution is 2.22. The Morgan fingerprint density at radius 1 is 0.897 bits per heavy atom. The lowest BCUT2D eigenvalue weighted by atomic mass is 9.95. The van der Waals surface area contributed by atoms with E-state index in [1.165, 1.54) is 31.3 Å². The van der Waals surface area contributed by atoms with Gasteiger partial charge < -0.3 is 20.9 Å². The third kappa shape index (κ3) is 5.31. The van der Waals surface area contributed by atoms with Crippen LogP contribution in [-0.2, 0) is 4.79 Å². The van der Waals surface area contributed by atoms with E-state index in [1.54, 1.807) is 29.2 Å². The Bertz CT molecular complexity index is 876. The molecule has 152 valence electrons. The molecule has 7 nitrogen and oxygen atoms in total. The molecular formula is C21H23FN4O3. The number of amides is 4. The van der Waals surface area contributed by atoms with Crippen LogP contribution in [0.5, 0.6) is 0 Å². The quantitative estimate of drug-likeness (QED) is 0.739. The molecule has 0 radical (unpaired) electrons. The second-order valence-corrected chi connectivity index (χ2v) is 6.84. The minimum atomic E-state index is -0.380. The molecule has 0 spiro atoms. The molecule has 0 bridgehead atoms. The fourth-order valence-electron chi connectivity index (χ4n) is 3.19. The summed E-state index contributed by atoms with van der Waals surface area (Å²) in [7, 11) is 1.53. The van der Waals surface area contributed by atoms with Gasteiger partial charge in [0.05, 0.1) is 0 Å². The second kappa shape index (κ2) is 9.18. The highest BCUT2D eigenvalue weighted by atomic mass is 19.1. The van der Waals surface area contributed by atoms with Crippen LogP contribution < -0.4 is 16.0 Å². The number of nitrogens with zero attached hydrogens (tertiary/aromatic N) is 1. The molecule has 0 saturated carbocycles. The van der Waals surface area contributed by atoms with Crippen LogP contribution in [0.25, 0.3) is 0 Å². The lowest BCUT2D eigenvalue weighted by molar-refractivity contribution is -0.121. The van der Waals surface area contributed by atoms with Crippen LogP contribution in [-0.4, -0.2) is 42.9 Å². The van der Waals surface area contributed by atoms with Crippen LogP contribution in [0.3, 0.4) is 0 Å². The summed E-state index contributed by atoms with van der Waals surface area (Å²) in [6, 6.07) is 12.0. The van der Waals surface area contributed by atoms with Crippen LogP contribution in [0.4, 0.5) is 20.6 Å². The molecule has 4 amide bonds. The molecule has 3 N–H and O–H groups in total. The predicted octanol–water partition coefficient (Wildman–Crippen LogP) is 3.07. The third-order valence-corrected chi connectivity index (χ3v) is 4.88. The summed E-state index contributed by atoms with van der Waals surface area (Å²) in [6.07, 6.45) is 1.13. The largest absolute Gasteiger partial charge is 0.341 e. The van der Waals surface area contributed by atoms with Gasteiger partial charge in [0, 0.05) is 43.0 Å². The molecule has 1 heterocycles. The molecular weight excluding hydrogens is 375 g/mol. The molecule has 1 fully saturated rings. The van der Waals surface area contributed by atoms with Gasteiger partial charge in [-0.1, -0.05) is 0 Å². The first-order chi connectivity index (χ1) is 14.0. The summed E-state index contributed by atoms with van der Waals surface area (Å²) in [4.78, 5) is 38.0. The first kappa shape index (κ1) is 20.3. The molecule has 29 heavy (non-hydrogen) atoms. The second-order valence-electron chi connectivity index (χ2n) is 6.84.